The Labute approximate surface area is 132 Å². The van der Waals surface area contributed by atoms with Gasteiger partial charge in [0, 0.05) is 39.5 Å². The van der Waals surface area contributed by atoms with Gasteiger partial charge in [-0.3, -0.25) is 14.7 Å². The van der Waals surface area contributed by atoms with E-state index < -0.39 is 0 Å². The lowest BCUT2D eigenvalue weighted by molar-refractivity contribution is -0.139. The number of rotatable bonds is 5. The lowest BCUT2D eigenvalue weighted by Gasteiger charge is -2.38. The summed E-state index contributed by atoms with van der Waals surface area (Å²) in [6.45, 7) is 4.99. The summed E-state index contributed by atoms with van der Waals surface area (Å²) in [7, 11) is 1.69. The number of carbonyl (C=O) groups excluding carboxylic acids is 1. The van der Waals surface area contributed by atoms with Crippen molar-refractivity contribution < 1.29 is 9.53 Å². The number of nitrogens with zero attached hydrogens (tertiary/aromatic N) is 3. The highest BCUT2D eigenvalue weighted by atomic mass is 16.5. The number of piperidine rings is 1. The molecule has 2 aliphatic heterocycles. The van der Waals surface area contributed by atoms with Crippen molar-refractivity contribution in [1.29, 1.82) is 0 Å². The molecular weight excluding hydrogens is 278 g/mol. The molecule has 0 radical (unpaired) electrons. The van der Waals surface area contributed by atoms with E-state index in [-0.39, 0.29) is 5.41 Å². The van der Waals surface area contributed by atoms with Gasteiger partial charge in [0.05, 0.1) is 17.7 Å². The number of carbonyl (C=O) groups is 1. The molecule has 2 saturated heterocycles. The zero-order valence-electron chi connectivity index (χ0n) is 13.3. The Kier molecular flexibility index (Phi) is 4.74. The van der Waals surface area contributed by atoms with E-state index in [0.29, 0.717) is 12.5 Å². The van der Waals surface area contributed by atoms with Crippen molar-refractivity contribution in [1.82, 2.24) is 14.8 Å². The first-order valence-corrected chi connectivity index (χ1v) is 8.14. The highest BCUT2D eigenvalue weighted by molar-refractivity contribution is 5.85. The molecule has 5 nitrogen and oxygen atoms in total. The molecule has 2 aliphatic rings. The molecule has 1 amide bonds. The largest absolute Gasteiger partial charge is 0.383 e. The van der Waals surface area contributed by atoms with Gasteiger partial charge in [-0.1, -0.05) is 6.07 Å². The molecule has 1 spiro atoms. The topological polar surface area (TPSA) is 45.7 Å². The minimum atomic E-state index is -0.166. The second kappa shape index (κ2) is 6.75. The third kappa shape index (κ3) is 3.15. The molecule has 5 heteroatoms. The average molecular weight is 303 g/mol. The standard InChI is InChI=1S/C17H25N3O2/c1-22-12-11-20-10-7-17(16(20)21)6-4-9-19(14-17)13-15-5-2-3-8-18-15/h2-3,5,8H,4,6-7,9-14H2,1H3/t17-/m0/s1. The van der Waals surface area contributed by atoms with Gasteiger partial charge >= 0.3 is 0 Å². The number of methoxy groups -OCH3 is 1. The van der Waals surface area contributed by atoms with Crippen LogP contribution in [0.15, 0.2) is 24.4 Å². The molecule has 1 aromatic rings. The van der Waals surface area contributed by atoms with Crippen LogP contribution in [0.4, 0.5) is 0 Å². The molecule has 0 unspecified atom stereocenters. The number of pyridine rings is 1. The summed E-state index contributed by atoms with van der Waals surface area (Å²) in [5.74, 6) is 0.329. The maximum absolute atomic E-state index is 12.8. The molecule has 22 heavy (non-hydrogen) atoms. The normalized spacial score (nSPS) is 26.0. The minimum Gasteiger partial charge on any atom is -0.383 e. The van der Waals surface area contributed by atoms with Gasteiger partial charge < -0.3 is 9.64 Å². The molecular formula is C17H25N3O2. The van der Waals surface area contributed by atoms with Crippen LogP contribution in [0.2, 0.25) is 0 Å². The Balaban J connectivity index is 1.64. The van der Waals surface area contributed by atoms with Crippen LogP contribution in [-0.2, 0) is 16.1 Å². The molecule has 0 N–H and O–H groups in total. The van der Waals surface area contributed by atoms with Gasteiger partial charge in [0.15, 0.2) is 0 Å². The summed E-state index contributed by atoms with van der Waals surface area (Å²) in [6, 6.07) is 6.02. The minimum absolute atomic E-state index is 0.166. The van der Waals surface area contributed by atoms with Crippen LogP contribution in [0, 0.1) is 5.41 Å². The fourth-order valence-corrected chi connectivity index (χ4v) is 3.77. The molecule has 1 aromatic heterocycles. The third-order valence-corrected chi connectivity index (χ3v) is 4.93. The first-order valence-electron chi connectivity index (χ1n) is 8.14. The first-order chi connectivity index (χ1) is 10.7. The van der Waals surface area contributed by atoms with Crippen LogP contribution in [0.3, 0.4) is 0 Å². The van der Waals surface area contributed by atoms with Crippen LogP contribution in [0.1, 0.15) is 25.0 Å². The molecule has 0 bridgehead atoms. The molecule has 0 saturated carbocycles. The van der Waals surface area contributed by atoms with Gasteiger partial charge in [-0.25, -0.2) is 0 Å². The van der Waals surface area contributed by atoms with Crippen molar-refractivity contribution in [2.75, 3.05) is 39.9 Å². The third-order valence-electron chi connectivity index (χ3n) is 4.93. The van der Waals surface area contributed by atoms with Gasteiger partial charge in [-0.2, -0.15) is 0 Å². The number of hydrogen-bond acceptors (Lipinski definition) is 4. The highest BCUT2D eigenvalue weighted by Crippen LogP contribution is 2.40. The second-order valence-electron chi connectivity index (χ2n) is 6.45. The zero-order valence-corrected chi connectivity index (χ0v) is 13.3. The molecule has 3 heterocycles. The summed E-state index contributed by atoms with van der Waals surface area (Å²) in [5.41, 5.74) is 0.919. The van der Waals surface area contributed by atoms with Gasteiger partial charge in [0.1, 0.15) is 0 Å². The van der Waals surface area contributed by atoms with Gasteiger partial charge in [0.25, 0.3) is 0 Å². The van der Waals surface area contributed by atoms with E-state index in [9.17, 15) is 4.79 Å². The quantitative estimate of drug-likeness (QED) is 0.828. The second-order valence-corrected chi connectivity index (χ2v) is 6.45. The Bertz CT molecular complexity index is 508. The van der Waals surface area contributed by atoms with E-state index in [2.05, 4.69) is 16.0 Å². The Morgan fingerprint density at radius 1 is 1.32 bits per heavy atom. The SMILES string of the molecule is COCCN1CC[C@]2(CCCN(Cc3ccccn3)C2)C1=O. The van der Waals surface area contributed by atoms with Crippen molar-refractivity contribution in [2.24, 2.45) is 5.41 Å². The van der Waals surface area contributed by atoms with Gasteiger partial charge in [-0.05, 0) is 37.9 Å². The average Bonchev–Trinajstić information content (AvgIpc) is 2.83. The summed E-state index contributed by atoms with van der Waals surface area (Å²) < 4.78 is 5.12. The van der Waals surface area contributed by atoms with Crippen LogP contribution in [0.25, 0.3) is 0 Å². The van der Waals surface area contributed by atoms with E-state index in [1.165, 1.54) is 0 Å². The van der Waals surface area contributed by atoms with Crippen LogP contribution >= 0.6 is 0 Å². The summed E-state index contributed by atoms with van der Waals surface area (Å²) in [5, 5.41) is 0. The van der Waals surface area contributed by atoms with E-state index in [4.69, 9.17) is 4.74 Å². The Hall–Kier alpha value is -1.46. The van der Waals surface area contributed by atoms with E-state index in [0.717, 1.165) is 57.7 Å². The van der Waals surface area contributed by atoms with Crippen molar-refractivity contribution in [3.8, 4) is 0 Å². The van der Waals surface area contributed by atoms with Crippen molar-refractivity contribution >= 4 is 5.91 Å². The monoisotopic (exact) mass is 303 g/mol. The molecule has 0 aromatic carbocycles. The smallest absolute Gasteiger partial charge is 0.230 e. The molecule has 3 rings (SSSR count). The fourth-order valence-electron chi connectivity index (χ4n) is 3.77. The maximum Gasteiger partial charge on any atom is 0.230 e. The number of aromatic nitrogens is 1. The Morgan fingerprint density at radius 2 is 2.23 bits per heavy atom. The Morgan fingerprint density at radius 3 is 3.00 bits per heavy atom. The van der Waals surface area contributed by atoms with E-state index in [1.807, 2.05) is 23.2 Å². The summed E-state index contributed by atoms with van der Waals surface area (Å²) >= 11 is 0. The van der Waals surface area contributed by atoms with E-state index in [1.54, 1.807) is 7.11 Å². The van der Waals surface area contributed by atoms with Crippen LogP contribution in [0.5, 0.6) is 0 Å². The molecule has 0 aliphatic carbocycles. The van der Waals surface area contributed by atoms with Gasteiger partial charge in [0.2, 0.25) is 5.91 Å². The van der Waals surface area contributed by atoms with Gasteiger partial charge in [-0.15, -0.1) is 0 Å². The predicted octanol–water partition coefficient (Wildman–Crippen LogP) is 1.54. The van der Waals surface area contributed by atoms with Crippen LogP contribution in [-0.4, -0.2) is 60.6 Å². The highest BCUT2D eigenvalue weighted by Gasteiger charge is 2.48. The number of likely N-dealkylation sites (tertiary alicyclic amines) is 2. The number of ether oxygens (including phenoxy) is 1. The van der Waals surface area contributed by atoms with E-state index >= 15 is 0 Å². The van der Waals surface area contributed by atoms with Crippen molar-refractivity contribution in [3.05, 3.63) is 30.1 Å². The molecule has 2 fully saturated rings. The fraction of sp³-hybridized carbons (Fsp3) is 0.647. The molecule has 1 atom stereocenters. The number of amides is 1. The predicted molar refractivity (Wildman–Crippen MR) is 84.3 cm³/mol. The zero-order chi connectivity index (χ0) is 15.4. The van der Waals surface area contributed by atoms with Crippen LogP contribution < -0.4 is 0 Å². The number of hydrogen-bond donors (Lipinski definition) is 0. The van der Waals surface area contributed by atoms with Crippen molar-refractivity contribution in [3.63, 3.8) is 0 Å². The van der Waals surface area contributed by atoms with Crippen molar-refractivity contribution in [2.45, 2.75) is 25.8 Å². The first kappa shape index (κ1) is 15.4. The maximum atomic E-state index is 12.8. The lowest BCUT2D eigenvalue weighted by Crippen LogP contribution is -2.47. The summed E-state index contributed by atoms with van der Waals surface area (Å²) in [4.78, 5) is 21.6. The molecule has 120 valence electrons. The summed E-state index contributed by atoms with van der Waals surface area (Å²) in [6.07, 6.45) is 4.93. The lowest BCUT2D eigenvalue weighted by atomic mass is 9.78.